The van der Waals surface area contributed by atoms with E-state index in [1.807, 2.05) is 44.2 Å². The highest BCUT2D eigenvalue weighted by molar-refractivity contribution is 5.13. The molecule has 0 aliphatic heterocycles. The molecule has 0 spiro atoms. The summed E-state index contributed by atoms with van der Waals surface area (Å²) in [4.78, 5) is 10.0. The van der Waals surface area contributed by atoms with Gasteiger partial charge in [0.1, 0.15) is 0 Å². The van der Waals surface area contributed by atoms with Crippen LogP contribution in [0, 0.1) is 16.0 Å². The minimum absolute atomic E-state index is 0.0457. The van der Waals surface area contributed by atoms with Crippen LogP contribution in [0.1, 0.15) is 19.4 Å². The lowest BCUT2D eigenvalue weighted by Crippen LogP contribution is -2.24. The Morgan fingerprint density at radius 2 is 1.94 bits per heavy atom. The summed E-state index contributed by atoms with van der Waals surface area (Å²) >= 11 is 0. The molecule has 0 fully saturated rings. The molecule has 1 aromatic carbocycles. The molecule has 16 heavy (non-hydrogen) atoms. The van der Waals surface area contributed by atoms with Crippen LogP contribution in [0.3, 0.4) is 0 Å². The molecule has 4 heteroatoms. The van der Waals surface area contributed by atoms with Crippen molar-refractivity contribution in [2.24, 2.45) is 5.92 Å². The zero-order valence-corrected chi connectivity index (χ0v) is 9.63. The maximum absolute atomic E-state index is 10.3. The molecule has 0 aromatic heterocycles. The van der Waals surface area contributed by atoms with Crippen LogP contribution in [0.5, 0.6) is 0 Å². The van der Waals surface area contributed by atoms with E-state index in [-0.39, 0.29) is 23.5 Å². The third kappa shape index (κ3) is 4.40. The third-order valence-corrected chi connectivity index (χ3v) is 2.59. The number of benzene rings is 1. The van der Waals surface area contributed by atoms with Gasteiger partial charge in [-0.3, -0.25) is 10.1 Å². The normalized spacial score (nSPS) is 14.4. The Kier molecular flexibility index (Phi) is 4.92. The van der Waals surface area contributed by atoms with E-state index < -0.39 is 0 Å². The zero-order valence-electron chi connectivity index (χ0n) is 9.63. The number of ether oxygens (including phenoxy) is 1. The molecule has 0 bridgehead atoms. The standard InChI is InChI=1S/C12H17NO3/c1-10(8-13(14)15)11(2)16-9-12-6-4-3-5-7-12/h3-7,10-11H,8-9H2,1-2H3/t10-,11+/m1/s1. The van der Waals surface area contributed by atoms with Crippen LogP contribution < -0.4 is 0 Å². The van der Waals surface area contributed by atoms with E-state index in [9.17, 15) is 10.1 Å². The number of nitrogens with zero attached hydrogens (tertiary/aromatic N) is 1. The molecule has 0 aliphatic rings. The molecule has 88 valence electrons. The summed E-state index contributed by atoms with van der Waals surface area (Å²) in [5.74, 6) is -0.0706. The van der Waals surface area contributed by atoms with Crippen molar-refractivity contribution < 1.29 is 9.66 Å². The van der Waals surface area contributed by atoms with E-state index >= 15 is 0 Å². The smallest absolute Gasteiger partial charge is 0.208 e. The predicted molar refractivity (Wildman–Crippen MR) is 61.7 cm³/mol. The molecule has 0 radical (unpaired) electrons. The van der Waals surface area contributed by atoms with Crippen LogP contribution in [-0.2, 0) is 11.3 Å². The average Bonchev–Trinajstić information content (AvgIpc) is 2.26. The predicted octanol–water partition coefficient (Wildman–Crippen LogP) is 2.50. The van der Waals surface area contributed by atoms with Crippen molar-refractivity contribution in [3.05, 3.63) is 46.0 Å². The Balaban J connectivity index is 2.35. The molecular weight excluding hydrogens is 206 g/mol. The van der Waals surface area contributed by atoms with Crippen molar-refractivity contribution >= 4 is 0 Å². The van der Waals surface area contributed by atoms with E-state index in [4.69, 9.17) is 4.74 Å². The lowest BCUT2D eigenvalue weighted by Gasteiger charge is -2.17. The summed E-state index contributed by atoms with van der Waals surface area (Å²) in [6.45, 7) is 4.16. The molecule has 4 nitrogen and oxygen atoms in total. The molecule has 2 atom stereocenters. The van der Waals surface area contributed by atoms with Crippen LogP contribution >= 0.6 is 0 Å². The van der Waals surface area contributed by atoms with Gasteiger partial charge in [-0.2, -0.15) is 0 Å². The molecule has 0 saturated carbocycles. The van der Waals surface area contributed by atoms with Crippen LogP contribution in [0.4, 0.5) is 0 Å². The van der Waals surface area contributed by atoms with Crippen molar-refractivity contribution in [2.45, 2.75) is 26.6 Å². The molecule has 0 N–H and O–H groups in total. The van der Waals surface area contributed by atoms with Gasteiger partial charge in [-0.15, -0.1) is 0 Å². The van der Waals surface area contributed by atoms with E-state index in [0.29, 0.717) is 6.61 Å². The highest BCUT2D eigenvalue weighted by atomic mass is 16.6. The van der Waals surface area contributed by atoms with Gasteiger partial charge in [0.05, 0.1) is 12.7 Å². The molecule has 0 amide bonds. The van der Waals surface area contributed by atoms with Crippen molar-refractivity contribution in [3.63, 3.8) is 0 Å². The van der Waals surface area contributed by atoms with E-state index in [0.717, 1.165) is 5.56 Å². The molecule has 0 heterocycles. The van der Waals surface area contributed by atoms with Gasteiger partial charge in [-0.1, -0.05) is 37.3 Å². The van der Waals surface area contributed by atoms with Gasteiger partial charge < -0.3 is 4.74 Å². The summed E-state index contributed by atoms with van der Waals surface area (Å²) in [5, 5.41) is 10.3. The van der Waals surface area contributed by atoms with E-state index in [1.165, 1.54) is 0 Å². The third-order valence-electron chi connectivity index (χ3n) is 2.59. The van der Waals surface area contributed by atoms with Crippen LogP contribution in [0.25, 0.3) is 0 Å². The number of hydrogen-bond acceptors (Lipinski definition) is 3. The van der Waals surface area contributed by atoms with E-state index in [2.05, 4.69) is 0 Å². The molecule has 0 unspecified atom stereocenters. The fourth-order valence-corrected chi connectivity index (χ4v) is 1.35. The zero-order chi connectivity index (χ0) is 12.0. The van der Waals surface area contributed by atoms with Gasteiger partial charge in [0, 0.05) is 10.8 Å². The topological polar surface area (TPSA) is 52.4 Å². The number of hydrogen-bond donors (Lipinski definition) is 0. The lowest BCUT2D eigenvalue weighted by atomic mass is 10.1. The summed E-state index contributed by atoms with van der Waals surface area (Å²) in [6, 6.07) is 9.80. The molecule has 0 saturated heterocycles. The molecule has 1 aromatic rings. The first kappa shape index (κ1) is 12.6. The van der Waals surface area contributed by atoms with Gasteiger partial charge >= 0.3 is 0 Å². The van der Waals surface area contributed by atoms with Crippen LogP contribution in [-0.4, -0.2) is 17.6 Å². The quantitative estimate of drug-likeness (QED) is 0.550. The van der Waals surface area contributed by atoms with Gasteiger partial charge in [0.15, 0.2) is 0 Å². The number of nitro groups is 1. The first-order chi connectivity index (χ1) is 7.59. The number of rotatable bonds is 6. The first-order valence-corrected chi connectivity index (χ1v) is 5.37. The highest BCUT2D eigenvalue weighted by Gasteiger charge is 2.17. The summed E-state index contributed by atoms with van der Waals surface area (Å²) in [7, 11) is 0. The van der Waals surface area contributed by atoms with Gasteiger partial charge in [0.25, 0.3) is 0 Å². The van der Waals surface area contributed by atoms with Gasteiger partial charge in [-0.05, 0) is 12.5 Å². The second kappa shape index (κ2) is 6.23. The largest absolute Gasteiger partial charge is 0.373 e. The molecular formula is C12H17NO3. The molecule has 1 rings (SSSR count). The first-order valence-electron chi connectivity index (χ1n) is 5.37. The Bertz CT molecular complexity index is 326. The summed E-state index contributed by atoms with van der Waals surface area (Å²) in [6.07, 6.45) is -0.106. The minimum atomic E-state index is -0.299. The van der Waals surface area contributed by atoms with Crippen molar-refractivity contribution in [3.8, 4) is 0 Å². The second-order valence-corrected chi connectivity index (χ2v) is 3.99. The van der Waals surface area contributed by atoms with Gasteiger partial charge in [0.2, 0.25) is 6.54 Å². The van der Waals surface area contributed by atoms with Gasteiger partial charge in [-0.25, -0.2) is 0 Å². The Morgan fingerprint density at radius 1 is 1.31 bits per heavy atom. The van der Waals surface area contributed by atoms with E-state index in [1.54, 1.807) is 0 Å². The summed E-state index contributed by atoms with van der Waals surface area (Å²) in [5.41, 5.74) is 1.09. The van der Waals surface area contributed by atoms with Crippen molar-refractivity contribution in [2.75, 3.05) is 6.54 Å². The minimum Gasteiger partial charge on any atom is -0.373 e. The summed E-state index contributed by atoms with van der Waals surface area (Å²) < 4.78 is 5.59. The Morgan fingerprint density at radius 3 is 2.50 bits per heavy atom. The van der Waals surface area contributed by atoms with Crippen LogP contribution in [0.15, 0.2) is 30.3 Å². The monoisotopic (exact) mass is 223 g/mol. The molecule has 0 aliphatic carbocycles. The van der Waals surface area contributed by atoms with Crippen molar-refractivity contribution in [1.82, 2.24) is 0 Å². The maximum atomic E-state index is 10.3. The SMILES string of the molecule is C[C@H](C[N+](=O)[O-])[C@H](C)OCc1ccccc1. The van der Waals surface area contributed by atoms with Crippen molar-refractivity contribution in [1.29, 1.82) is 0 Å². The lowest BCUT2D eigenvalue weighted by molar-refractivity contribution is -0.489. The van der Waals surface area contributed by atoms with Crippen LogP contribution in [0.2, 0.25) is 0 Å². The highest BCUT2D eigenvalue weighted by Crippen LogP contribution is 2.10. The average molecular weight is 223 g/mol. The fraction of sp³-hybridized carbons (Fsp3) is 0.500. The Hall–Kier alpha value is -1.42. The fourth-order valence-electron chi connectivity index (χ4n) is 1.35. The second-order valence-electron chi connectivity index (χ2n) is 3.99. The maximum Gasteiger partial charge on any atom is 0.208 e. The Labute approximate surface area is 95.4 Å².